The molecule has 0 spiro atoms. The minimum atomic E-state index is -0.0912. The minimum absolute atomic E-state index is 0.0912. The smallest absolute Gasteiger partial charge is 0.0467 e. The molecule has 0 N–H and O–H groups in total. The molecular weight excluding hydrogens is 603 g/mol. The maximum Gasteiger partial charge on any atom is 0.0467 e. The molecule has 0 fully saturated rings. The van der Waals surface area contributed by atoms with Gasteiger partial charge in [-0.3, -0.25) is 0 Å². The van der Waals surface area contributed by atoms with Gasteiger partial charge in [0.25, 0.3) is 0 Å². The summed E-state index contributed by atoms with van der Waals surface area (Å²) in [5, 5.41) is 2.51. The van der Waals surface area contributed by atoms with Crippen molar-refractivity contribution in [2.24, 2.45) is 0 Å². The molecular formula is C49H37N. The number of hydrogen-bond donors (Lipinski definition) is 0. The van der Waals surface area contributed by atoms with Crippen LogP contribution in [0, 0.1) is 0 Å². The average molecular weight is 640 g/mol. The summed E-state index contributed by atoms with van der Waals surface area (Å²) in [6.45, 7) is 4.70. The van der Waals surface area contributed by atoms with E-state index in [0.717, 1.165) is 17.1 Å². The van der Waals surface area contributed by atoms with Gasteiger partial charge in [0.15, 0.2) is 0 Å². The summed E-state index contributed by atoms with van der Waals surface area (Å²) in [7, 11) is 0. The first-order chi connectivity index (χ1) is 24.5. The Balaban J connectivity index is 1.17. The lowest BCUT2D eigenvalue weighted by atomic mass is 9.82. The van der Waals surface area contributed by atoms with Crippen LogP contribution in [0.5, 0.6) is 0 Å². The highest BCUT2D eigenvalue weighted by molar-refractivity contribution is 5.97. The number of hydrogen-bond acceptors (Lipinski definition) is 1. The van der Waals surface area contributed by atoms with Crippen LogP contribution in [0.25, 0.3) is 55.3 Å². The first-order valence-corrected chi connectivity index (χ1v) is 17.4. The van der Waals surface area contributed by atoms with Crippen molar-refractivity contribution >= 4 is 27.8 Å². The van der Waals surface area contributed by atoms with Crippen LogP contribution >= 0.6 is 0 Å². The van der Waals surface area contributed by atoms with Crippen molar-refractivity contribution < 1.29 is 0 Å². The Morgan fingerprint density at radius 3 is 1.74 bits per heavy atom. The molecule has 1 nitrogen and oxygen atoms in total. The maximum absolute atomic E-state index is 2.41. The molecule has 9 rings (SSSR count). The third-order valence-electron chi connectivity index (χ3n) is 10.5. The van der Waals surface area contributed by atoms with Crippen LogP contribution in [0.3, 0.4) is 0 Å². The second kappa shape index (κ2) is 12.1. The second-order valence-electron chi connectivity index (χ2n) is 13.8. The van der Waals surface area contributed by atoms with Gasteiger partial charge in [0.2, 0.25) is 0 Å². The molecule has 238 valence electrons. The van der Waals surface area contributed by atoms with E-state index in [0.29, 0.717) is 0 Å². The zero-order chi connectivity index (χ0) is 33.7. The van der Waals surface area contributed by atoms with E-state index in [2.05, 4.69) is 207 Å². The molecule has 0 saturated carbocycles. The predicted molar refractivity (Wildman–Crippen MR) is 213 cm³/mol. The second-order valence-corrected chi connectivity index (χ2v) is 13.8. The van der Waals surface area contributed by atoms with Crippen LogP contribution in [0.4, 0.5) is 17.1 Å². The van der Waals surface area contributed by atoms with Crippen LogP contribution in [0.2, 0.25) is 0 Å². The topological polar surface area (TPSA) is 3.24 Å². The highest BCUT2D eigenvalue weighted by Crippen LogP contribution is 2.50. The first-order valence-electron chi connectivity index (χ1n) is 17.4. The number of nitrogens with zero attached hydrogens (tertiary/aromatic N) is 1. The molecule has 50 heavy (non-hydrogen) atoms. The number of rotatable bonds is 6. The first kappa shape index (κ1) is 29.9. The Hall–Kier alpha value is -6.18. The lowest BCUT2D eigenvalue weighted by Gasteiger charge is -2.28. The van der Waals surface area contributed by atoms with E-state index in [1.165, 1.54) is 66.4 Å². The molecule has 1 heteroatoms. The summed E-state index contributed by atoms with van der Waals surface area (Å²) in [5.74, 6) is 0. The Morgan fingerprint density at radius 1 is 0.340 bits per heavy atom. The van der Waals surface area contributed by atoms with Gasteiger partial charge in [0, 0.05) is 22.5 Å². The molecule has 0 aliphatic heterocycles. The number of benzene rings is 8. The van der Waals surface area contributed by atoms with Crippen molar-refractivity contribution in [2.75, 3.05) is 4.90 Å². The summed E-state index contributed by atoms with van der Waals surface area (Å²) >= 11 is 0. The fraction of sp³-hybridized carbons (Fsp3) is 0.0612. The normalized spacial score (nSPS) is 12.8. The summed E-state index contributed by atoms with van der Waals surface area (Å²) in [4.78, 5) is 2.41. The van der Waals surface area contributed by atoms with Gasteiger partial charge < -0.3 is 4.90 Å². The van der Waals surface area contributed by atoms with Crippen LogP contribution in [-0.2, 0) is 5.41 Å². The van der Waals surface area contributed by atoms with Gasteiger partial charge >= 0.3 is 0 Å². The quantitative estimate of drug-likeness (QED) is 0.175. The maximum atomic E-state index is 2.41. The summed E-state index contributed by atoms with van der Waals surface area (Å²) in [5.41, 5.74) is 16.0. The summed E-state index contributed by atoms with van der Waals surface area (Å²) in [6, 6.07) is 68.6. The van der Waals surface area contributed by atoms with Gasteiger partial charge in [-0.2, -0.15) is 0 Å². The van der Waals surface area contributed by atoms with Crippen molar-refractivity contribution in [1.82, 2.24) is 0 Å². The van der Waals surface area contributed by atoms with E-state index in [-0.39, 0.29) is 5.41 Å². The fourth-order valence-corrected chi connectivity index (χ4v) is 7.88. The van der Waals surface area contributed by atoms with Gasteiger partial charge in [-0.25, -0.2) is 0 Å². The molecule has 0 saturated heterocycles. The summed E-state index contributed by atoms with van der Waals surface area (Å²) in [6.07, 6.45) is 0. The van der Waals surface area contributed by atoms with Crippen LogP contribution in [-0.4, -0.2) is 0 Å². The monoisotopic (exact) mass is 639 g/mol. The lowest BCUT2D eigenvalue weighted by molar-refractivity contribution is 0.660. The highest BCUT2D eigenvalue weighted by atomic mass is 15.1. The molecule has 0 radical (unpaired) electrons. The molecule has 0 unspecified atom stereocenters. The largest absolute Gasteiger partial charge is 0.310 e. The Morgan fingerprint density at radius 2 is 0.900 bits per heavy atom. The van der Waals surface area contributed by atoms with Gasteiger partial charge in [-0.05, 0) is 109 Å². The minimum Gasteiger partial charge on any atom is -0.310 e. The van der Waals surface area contributed by atoms with E-state index < -0.39 is 0 Å². The SMILES string of the molecule is CC1(C)c2ccccc2-c2ccc(N(c3ccc(-c4cccc(-c5ccccc5)c4)cc3)c3cccc(-c4cccc5ccccc45)c3)cc21. The molecule has 0 amide bonds. The van der Waals surface area contributed by atoms with Gasteiger partial charge in [0.05, 0.1) is 0 Å². The van der Waals surface area contributed by atoms with E-state index in [9.17, 15) is 0 Å². The third kappa shape index (κ3) is 5.11. The fourth-order valence-electron chi connectivity index (χ4n) is 7.88. The standard InChI is InChI=1S/C49H37N/c1-49(2)47-24-9-8-22-45(47)46-30-29-42(33-48(46)49)50(41-20-11-19-39(32-41)44-23-12-16-36-15-6-7-21-43(36)44)40-27-25-35(26-28-40)38-18-10-17-37(31-38)34-13-4-3-5-14-34/h3-33H,1-2H3. The number of anilines is 3. The molecule has 0 heterocycles. The van der Waals surface area contributed by atoms with Crippen molar-refractivity contribution in [2.45, 2.75) is 19.3 Å². The van der Waals surface area contributed by atoms with Gasteiger partial charge in [0.1, 0.15) is 0 Å². The van der Waals surface area contributed by atoms with Gasteiger partial charge in [-0.1, -0.05) is 159 Å². The molecule has 0 bridgehead atoms. The predicted octanol–water partition coefficient (Wildman–Crippen LogP) is 13.6. The number of fused-ring (bicyclic) bond motifs is 4. The van der Waals surface area contributed by atoms with Gasteiger partial charge in [-0.15, -0.1) is 0 Å². The molecule has 0 atom stereocenters. The van der Waals surface area contributed by atoms with Crippen LogP contribution in [0.1, 0.15) is 25.0 Å². The molecule has 1 aliphatic rings. The zero-order valence-corrected chi connectivity index (χ0v) is 28.3. The van der Waals surface area contributed by atoms with Crippen molar-refractivity contribution in [3.63, 3.8) is 0 Å². The van der Waals surface area contributed by atoms with Crippen molar-refractivity contribution in [3.8, 4) is 44.5 Å². The Bertz CT molecular complexity index is 2500. The Labute approximate surface area is 294 Å². The molecule has 8 aromatic rings. The zero-order valence-electron chi connectivity index (χ0n) is 28.3. The van der Waals surface area contributed by atoms with E-state index in [1.54, 1.807) is 0 Å². The average Bonchev–Trinajstić information content (AvgIpc) is 3.41. The molecule has 8 aromatic carbocycles. The highest BCUT2D eigenvalue weighted by Gasteiger charge is 2.35. The molecule has 0 aromatic heterocycles. The van der Waals surface area contributed by atoms with E-state index in [1.807, 2.05) is 0 Å². The van der Waals surface area contributed by atoms with Crippen LogP contribution < -0.4 is 4.90 Å². The van der Waals surface area contributed by atoms with Crippen molar-refractivity contribution in [1.29, 1.82) is 0 Å². The van der Waals surface area contributed by atoms with Crippen LogP contribution in [0.15, 0.2) is 188 Å². The van der Waals surface area contributed by atoms with E-state index in [4.69, 9.17) is 0 Å². The Kier molecular flexibility index (Phi) is 7.21. The lowest BCUT2D eigenvalue weighted by Crippen LogP contribution is -2.16. The van der Waals surface area contributed by atoms with Crippen molar-refractivity contribution in [3.05, 3.63) is 199 Å². The van der Waals surface area contributed by atoms with E-state index >= 15 is 0 Å². The summed E-state index contributed by atoms with van der Waals surface area (Å²) < 4.78 is 0. The third-order valence-corrected chi connectivity index (χ3v) is 10.5. The molecule has 1 aliphatic carbocycles.